The van der Waals surface area contributed by atoms with E-state index in [4.69, 9.17) is 4.74 Å². The number of halogens is 1. The maximum atomic E-state index is 9.44. The second-order valence-electron chi connectivity index (χ2n) is 4.26. The number of aryl methyl sites for hydroxylation is 1. The number of hydrogen-bond acceptors (Lipinski definition) is 2. The summed E-state index contributed by atoms with van der Waals surface area (Å²) in [5.41, 5.74) is 1.96. The van der Waals surface area contributed by atoms with E-state index < -0.39 is 6.10 Å². The first-order valence-electron chi connectivity index (χ1n) is 5.78. The highest BCUT2D eigenvalue weighted by atomic mass is 79.9. The maximum Gasteiger partial charge on any atom is 0.131 e. The first-order chi connectivity index (χ1) is 8.56. The molecule has 0 unspecified atom stereocenters. The molecular formula is C15H15BrO2. The Kier molecular flexibility index (Phi) is 4.04. The Labute approximate surface area is 115 Å². The molecule has 0 aliphatic rings. The molecule has 0 aliphatic carbocycles. The van der Waals surface area contributed by atoms with Crippen molar-refractivity contribution >= 4 is 15.9 Å². The van der Waals surface area contributed by atoms with Crippen molar-refractivity contribution in [3.05, 3.63) is 58.1 Å². The largest absolute Gasteiger partial charge is 0.457 e. The van der Waals surface area contributed by atoms with Crippen LogP contribution in [-0.4, -0.2) is 5.11 Å². The molecule has 2 aromatic rings. The van der Waals surface area contributed by atoms with Gasteiger partial charge in [0.2, 0.25) is 0 Å². The van der Waals surface area contributed by atoms with E-state index in [-0.39, 0.29) is 0 Å². The van der Waals surface area contributed by atoms with Gasteiger partial charge in [0.15, 0.2) is 0 Å². The van der Waals surface area contributed by atoms with Gasteiger partial charge in [0.1, 0.15) is 11.5 Å². The first-order valence-corrected chi connectivity index (χ1v) is 6.57. The summed E-state index contributed by atoms with van der Waals surface area (Å²) in [6, 6.07) is 13.4. The standard InChI is InChI=1S/C15H15BrO2/c1-10-3-6-13(16)9-15(10)18-14-7-4-12(5-8-14)11(2)17/h3-9,11,17H,1-2H3/t11-/m0/s1. The predicted molar refractivity (Wildman–Crippen MR) is 76.0 cm³/mol. The van der Waals surface area contributed by atoms with E-state index in [1.807, 2.05) is 49.4 Å². The maximum absolute atomic E-state index is 9.44. The van der Waals surface area contributed by atoms with Gasteiger partial charge in [-0.05, 0) is 49.2 Å². The van der Waals surface area contributed by atoms with Crippen LogP contribution in [0.25, 0.3) is 0 Å². The van der Waals surface area contributed by atoms with E-state index in [1.54, 1.807) is 6.92 Å². The van der Waals surface area contributed by atoms with Crippen LogP contribution in [0.1, 0.15) is 24.2 Å². The molecule has 2 rings (SSSR count). The zero-order valence-electron chi connectivity index (χ0n) is 10.4. The Hall–Kier alpha value is -1.32. The fourth-order valence-corrected chi connectivity index (χ4v) is 1.97. The van der Waals surface area contributed by atoms with E-state index in [0.29, 0.717) is 0 Å². The molecule has 0 saturated carbocycles. The van der Waals surface area contributed by atoms with Crippen molar-refractivity contribution in [2.75, 3.05) is 0 Å². The lowest BCUT2D eigenvalue weighted by molar-refractivity contribution is 0.199. The van der Waals surface area contributed by atoms with Gasteiger partial charge in [0.25, 0.3) is 0 Å². The lowest BCUT2D eigenvalue weighted by Gasteiger charge is -2.10. The minimum absolute atomic E-state index is 0.452. The van der Waals surface area contributed by atoms with Crippen LogP contribution in [0.15, 0.2) is 46.9 Å². The molecule has 1 atom stereocenters. The lowest BCUT2D eigenvalue weighted by atomic mass is 10.1. The molecule has 2 nitrogen and oxygen atoms in total. The Balaban J connectivity index is 2.21. The van der Waals surface area contributed by atoms with Crippen molar-refractivity contribution in [2.45, 2.75) is 20.0 Å². The van der Waals surface area contributed by atoms with Crippen LogP contribution >= 0.6 is 15.9 Å². The van der Waals surface area contributed by atoms with Gasteiger partial charge in [-0.2, -0.15) is 0 Å². The molecule has 0 amide bonds. The fourth-order valence-electron chi connectivity index (χ4n) is 1.63. The second-order valence-corrected chi connectivity index (χ2v) is 5.17. The van der Waals surface area contributed by atoms with Crippen molar-refractivity contribution in [1.82, 2.24) is 0 Å². The normalized spacial score (nSPS) is 12.2. The number of rotatable bonds is 3. The molecule has 0 aliphatic heterocycles. The van der Waals surface area contributed by atoms with Gasteiger partial charge in [0.05, 0.1) is 6.10 Å². The van der Waals surface area contributed by atoms with Gasteiger partial charge >= 0.3 is 0 Å². The number of ether oxygens (including phenoxy) is 1. The van der Waals surface area contributed by atoms with Crippen LogP contribution in [0.5, 0.6) is 11.5 Å². The molecule has 1 N–H and O–H groups in total. The number of hydrogen-bond donors (Lipinski definition) is 1. The molecule has 0 bridgehead atoms. The van der Waals surface area contributed by atoms with Crippen LogP contribution < -0.4 is 4.74 Å². The van der Waals surface area contributed by atoms with Crippen LogP contribution in [0.2, 0.25) is 0 Å². The monoisotopic (exact) mass is 306 g/mol. The predicted octanol–water partition coefficient (Wildman–Crippen LogP) is 4.60. The Morgan fingerprint density at radius 1 is 1.11 bits per heavy atom. The molecule has 94 valence electrons. The van der Waals surface area contributed by atoms with Gasteiger partial charge in [-0.1, -0.05) is 34.1 Å². The molecule has 3 heteroatoms. The highest BCUT2D eigenvalue weighted by Gasteiger charge is 2.04. The first kappa shape index (κ1) is 13.1. The van der Waals surface area contributed by atoms with Crippen molar-refractivity contribution in [2.24, 2.45) is 0 Å². The summed E-state index contributed by atoms with van der Waals surface area (Å²) < 4.78 is 6.80. The summed E-state index contributed by atoms with van der Waals surface area (Å²) in [6.45, 7) is 3.75. The van der Waals surface area contributed by atoms with Gasteiger partial charge in [-0.15, -0.1) is 0 Å². The van der Waals surface area contributed by atoms with Gasteiger partial charge in [0, 0.05) is 4.47 Å². The number of benzene rings is 2. The Morgan fingerprint density at radius 3 is 2.39 bits per heavy atom. The summed E-state index contributed by atoms with van der Waals surface area (Å²) in [5, 5.41) is 9.44. The molecule has 0 spiro atoms. The number of aliphatic hydroxyl groups is 1. The average molecular weight is 307 g/mol. The molecular weight excluding hydrogens is 292 g/mol. The van der Waals surface area contributed by atoms with Crippen molar-refractivity contribution in [3.8, 4) is 11.5 Å². The summed E-state index contributed by atoms with van der Waals surface area (Å²) in [7, 11) is 0. The molecule has 0 saturated heterocycles. The van der Waals surface area contributed by atoms with Crippen molar-refractivity contribution in [3.63, 3.8) is 0 Å². The van der Waals surface area contributed by atoms with Crippen LogP contribution in [-0.2, 0) is 0 Å². The highest BCUT2D eigenvalue weighted by molar-refractivity contribution is 9.10. The smallest absolute Gasteiger partial charge is 0.131 e. The minimum Gasteiger partial charge on any atom is -0.457 e. The quantitative estimate of drug-likeness (QED) is 0.897. The van der Waals surface area contributed by atoms with Gasteiger partial charge in [-0.3, -0.25) is 0 Å². The van der Waals surface area contributed by atoms with E-state index in [2.05, 4.69) is 15.9 Å². The average Bonchev–Trinajstić information content (AvgIpc) is 2.34. The third kappa shape index (κ3) is 3.12. The zero-order chi connectivity index (χ0) is 13.1. The summed E-state index contributed by atoms with van der Waals surface area (Å²) >= 11 is 3.43. The van der Waals surface area contributed by atoms with E-state index >= 15 is 0 Å². The molecule has 0 fully saturated rings. The van der Waals surface area contributed by atoms with Crippen LogP contribution in [0.4, 0.5) is 0 Å². The Morgan fingerprint density at radius 2 is 1.78 bits per heavy atom. The zero-order valence-corrected chi connectivity index (χ0v) is 11.9. The summed E-state index contributed by atoms with van der Waals surface area (Å²) in [5.74, 6) is 1.59. The third-order valence-corrected chi connectivity index (χ3v) is 3.23. The van der Waals surface area contributed by atoms with E-state index in [1.165, 1.54) is 0 Å². The SMILES string of the molecule is Cc1ccc(Br)cc1Oc1ccc([C@H](C)O)cc1. The van der Waals surface area contributed by atoms with Crippen molar-refractivity contribution in [1.29, 1.82) is 0 Å². The molecule has 0 aromatic heterocycles. The molecule has 2 aromatic carbocycles. The highest BCUT2D eigenvalue weighted by Crippen LogP contribution is 2.28. The lowest BCUT2D eigenvalue weighted by Crippen LogP contribution is -1.91. The van der Waals surface area contributed by atoms with Crippen LogP contribution in [0, 0.1) is 6.92 Å². The van der Waals surface area contributed by atoms with Gasteiger partial charge in [-0.25, -0.2) is 0 Å². The summed E-state index contributed by atoms with van der Waals surface area (Å²) in [6.07, 6.45) is -0.452. The second kappa shape index (κ2) is 5.55. The summed E-state index contributed by atoms with van der Waals surface area (Å²) in [4.78, 5) is 0. The molecule has 0 heterocycles. The van der Waals surface area contributed by atoms with E-state index in [0.717, 1.165) is 27.1 Å². The topological polar surface area (TPSA) is 29.5 Å². The molecule has 0 radical (unpaired) electrons. The Bertz CT molecular complexity index is 533. The third-order valence-electron chi connectivity index (χ3n) is 2.74. The molecule has 18 heavy (non-hydrogen) atoms. The number of aliphatic hydroxyl groups excluding tert-OH is 1. The fraction of sp³-hybridized carbons (Fsp3) is 0.200. The van der Waals surface area contributed by atoms with E-state index in [9.17, 15) is 5.11 Å². The van der Waals surface area contributed by atoms with Gasteiger partial charge < -0.3 is 9.84 Å². The van der Waals surface area contributed by atoms with Crippen LogP contribution in [0.3, 0.4) is 0 Å². The van der Waals surface area contributed by atoms with Crippen molar-refractivity contribution < 1.29 is 9.84 Å². The minimum atomic E-state index is -0.452.